The number of nitrogens with zero attached hydrogens (tertiary/aromatic N) is 4. The predicted octanol–water partition coefficient (Wildman–Crippen LogP) is -0.0802. The Morgan fingerprint density at radius 2 is 2.33 bits per heavy atom. The molecule has 18 heavy (non-hydrogen) atoms. The van der Waals surface area contributed by atoms with Crippen LogP contribution in [-0.4, -0.2) is 30.9 Å². The largest absolute Gasteiger partial charge is 0.367 e. The maximum Gasteiger partial charge on any atom is 0.255 e. The van der Waals surface area contributed by atoms with Gasteiger partial charge in [-0.15, -0.1) is 5.10 Å². The van der Waals surface area contributed by atoms with E-state index in [4.69, 9.17) is 5.73 Å². The molecule has 0 bridgehead atoms. The van der Waals surface area contributed by atoms with Crippen molar-refractivity contribution in [3.05, 3.63) is 23.3 Å². The molecular formula is C10H15N7O. The van der Waals surface area contributed by atoms with Crippen molar-refractivity contribution >= 4 is 11.9 Å². The molecular weight excluding hydrogens is 234 g/mol. The minimum Gasteiger partial charge on any atom is -0.367 e. The van der Waals surface area contributed by atoms with Gasteiger partial charge in [0, 0.05) is 12.7 Å². The quantitative estimate of drug-likeness (QED) is 0.703. The Kier molecular flexibility index (Phi) is 3.00. The zero-order valence-corrected chi connectivity index (χ0v) is 10.4. The molecule has 8 heteroatoms. The molecule has 8 nitrogen and oxygen atoms in total. The molecule has 1 atom stereocenters. The van der Waals surface area contributed by atoms with Crippen molar-refractivity contribution in [1.82, 2.24) is 30.3 Å². The van der Waals surface area contributed by atoms with Crippen molar-refractivity contribution in [3.8, 4) is 0 Å². The Labute approximate surface area is 104 Å². The predicted molar refractivity (Wildman–Crippen MR) is 64.6 cm³/mol. The average molecular weight is 249 g/mol. The number of carbonyl (C=O) groups is 1. The standard InChI is InChI=1S/C10H15N7O/c1-5(8-14-10(11)16-15-8)13-9(18)7-4-12-17(3)6(7)2/h4-5H,1-3H3,(H,13,18)(H3,11,14,15,16). The number of hydrogen-bond donors (Lipinski definition) is 3. The highest BCUT2D eigenvalue weighted by Crippen LogP contribution is 2.10. The molecule has 2 aromatic heterocycles. The number of aryl methyl sites for hydroxylation is 1. The van der Waals surface area contributed by atoms with Gasteiger partial charge in [-0.3, -0.25) is 14.6 Å². The SMILES string of the molecule is Cc1c(C(=O)NC(C)c2nc(N)n[nH]2)cnn1C. The summed E-state index contributed by atoms with van der Waals surface area (Å²) in [5.41, 5.74) is 6.75. The van der Waals surface area contributed by atoms with Gasteiger partial charge in [0.15, 0.2) is 0 Å². The van der Waals surface area contributed by atoms with Crippen molar-refractivity contribution in [1.29, 1.82) is 0 Å². The monoisotopic (exact) mass is 249 g/mol. The molecule has 2 heterocycles. The lowest BCUT2D eigenvalue weighted by Gasteiger charge is -2.10. The van der Waals surface area contributed by atoms with E-state index in [0.717, 1.165) is 5.69 Å². The molecule has 0 aliphatic carbocycles. The number of nitrogens with one attached hydrogen (secondary N) is 2. The first-order valence-corrected chi connectivity index (χ1v) is 5.46. The van der Waals surface area contributed by atoms with Gasteiger partial charge in [0.1, 0.15) is 5.82 Å². The molecule has 0 saturated heterocycles. The third-order valence-corrected chi connectivity index (χ3v) is 2.76. The molecule has 2 rings (SSSR count). The summed E-state index contributed by atoms with van der Waals surface area (Å²) in [6.07, 6.45) is 1.53. The molecule has 0 aliphatic rings. The van der Waals surface area contributed by atoms with Crippen LogP contribution in [0.2, 0.25) is 0 Å². The van der Waals surface area contributed by atoms with E-state index in [1.165, 1.54) is 6.20 Å². The van der Waals surface area contributed by atoms with Crippen LogP contribution >= 0.6 is 0 Å². The van der Waals surface area contributed by atoms with Crippen molar-refractivity contribution in [2.24, 2.45) is 7.05 Å². The van der Waals surface area contributed by atoms with Crippen LogP contribution in [0.3, 0.4) is 0 Å². The molecule has 0 fully saturated rings. The maximum absolute atomic E-state index is 12.0. The summed E-state index contributed by atoms with van der Waals surface area (Å²) in [6, 6.07) is -0.304. The smallest absolute Gasteiger partial charge is 0.255 e. The molecule has 1 amide bonds. The number of nitrogen functional groups attached to an aromatic ring is 1. The van der Waals surface area contributed by atoms with Crippen molar-refractivity contribution in [2.45, 2.75) is 19.9 Å². The van der Waals surface area contributed by atoms with Gasteiger partial charge in [-0.25, -0.2) is 0 Å². The minimum absolute atomic E-state index is 0.156. The van der Waals surface area contributed by atoms with Crippen LogP contribution in [-0.2, 0) is 7.05 Å². The number of hydrogen-bond acceptors (Lipinski definition) is 5. The second-order valence-corrected chi connectivity index (χ2v) is 4.04. The minimum atomic E-state index is -0.304. The van der Waals surface area contributed by atoms with Crippen LogP contribution in [0.15, 0.2) is 6.20 Å². The van der Waals surface area contributed by atoms with Crippen LogP contribution in [0.25, 0.3) is 0 Å². The van der Waals surface area contributed by atoms with E-state index in [1.54, 1.807) is 18.7 Å². The second-order valence-electron chi connectivity index (χ2n) is 4.04. The Hall–Kier alpha value is -2.38. The third kappa shape index (κ3) is 2.17. The summed E-state index contributed by atoms with van der Waals surface area (Å²) in [5, 5.41) is 13.2. The first-order valence-electron chi connectivity index (χ1n) is 5.46. The highest BCUT2D eigenvalue weighted by Gasteiger charge is 2.17. The van der Waals surface area contributed by atoms with E-state index in [0.29, 0.717) is 11.4 Å². The Morgan fingerprint density at radius 1 is 1.61 bits per heavy atom. The van der Waals surface area contributed by atoms with E-state index in [9.17, 15) is 4.79 Å². The molecule has 0 aliphatic heterocycles. The Morgan fingerprint density at radius 3 is 2.83 bits per heavy atom. The van der Waals surface area contributed by atoms with Gasteiger partial charge < -0.3 is 11.1 Å². The second kappa shape index (κ2) is 4.47. The van der Waals surface area contributed by atoms with Gasteiger partial charge in [0.25, 0.3) is 5.91 Å². The number of aromatic amines is 1. The lowest BCUT2D eigenvalue weighted by atomic mass is 10.2. The van der Waals surface area contributed by atoms with Gasteiger partial charge in [-0.05, 0) is 13.8 Å². The molecule has 2 aromatic rings. The first-order chi connectivity index (χ1) is 8.49. The van der Waals surface area contributed by atoms with E-state index < -0.39 is 0 Å². The highest BCUT2D eigenvalue weighted by atomic mass is 16.1. The van der Waals surface area contributed by atoms with Crippen molar-refractivity contribution in [3.63, 3.8) is 0 Å². The van der Waals surface area contributed by atoms with Crippen LogP contribution in [0, 0.1) is 6.92 Å². The highest BCUT2D eigenvalue weighted by molar-refractivity contribution is 5.95. The average Bonchev–Trinajstić information content (AvgIpc) is 2.87. The number of amides is 1. The van der Waals surface area contributed by atoms with Gasteiger partial charge in [0.05, 0.1) is 17.8 Å². The molecule has 0 spiro atoms. The van der Waals surface area contributed by atoms with Gasteiger partial charge in [-0.2, -0.15) is 10.1 Å². The molecule has 96 valence electrons. The first kappa shape index (κ1) is 12.1. The van der Waals surface area contributed by atoms with Crippen LogP contribution < -0.4 is 11.1 Å². The van der Waals surface area contributed by atoms with Gasteiger partial charge in [-0.1, -0.05) is 0 Å². The summed E-state index contributed by atoms with van der Waals surface area (Å²) < 4.78 is 1.64. The van der Waals surface area contributed by atoms with Gasteiger partial charge >= 0.3 is 0 Å². The normalized spacial score (nSPS) is 12.4. The number of nitrogens with two attached hydrogens (primary N) is 1. The summed E-state index contributed by atoms with van der Waals surface area (Å²) in [4.78, 5) is 16.0. The Bertz CT molecular complexity index is 571. The van der Waals surface area contributed by atoms with Crippen LogP contribution in [0.5, 0.6) is 0 Å². The lowest BCUT2D eigenvalue weighted by molar-refractivity contribution is 0.0937. The molecule has 0 radical (unpaired) electrons. The zero-order valence-electron chi connectivity index (χ0n) is 10.4. The number of anilines is 1. The topological polar surface area (TPSA) is 115 Å². The molecule has 0 saturated carbocycles. The van der Waals surface area contributed by atoms with Crippen molar-refractivity contribution < 1.29 is 4.79 Å². The number of H-pyrrole nitrogens is 1. The number of rotatable bonds is 3. The van der Waals surface area contributed by atoms with Crippen LogP contribution in [0.1, 0.15) is 34.8 Å². The Balaban J connectivity index is 2.10. The third-order valence-electron chi connectivity index (χ3n) is 2.76. The fourth-order valence-electron chi connectivity index (χ4n) is 1.55. The molecule has 1 unspecified atom stereocenters. The lowest BCUT2D eigenvalue weighted by Crippen LogP contribution is -2.27. The fourth-order valence-corrected chi connectivity index (χ4v) is 1.55. The van der Waals surface area contributed by atoms with E-state index in [2.05, 4.69) is 25.6 Å². The zero-order chi connectivity index (χ0) is 13.3. The van der Waals surface area contributed by atoms with E-state index >= 15 is 0 Å². The fraction of sp³-hybridized carbons (Fsp3) is 0.400. The molecule has 4 N–H and O–H groups in total. The summed E-state index contributed by atoms with van der Waals surface area (Å²) in [5.74, 6) is 0.467. The number of carbonyl (C=O) groups excluding carboxylic acids is 1. The summed E-state index contributed by atoms with van der Waals surface area (Å²) >= 11 is 0. The van der Waals surface area contributed by atoms with E-state index in [1.807, 2.05) is 6.92 Å². The van der Waals surface area contributed by atoms with Crippen molar-refractivity contribution in [2.75, 3.05) is 5.73 Å². The maximum atomic E-state index is 12.0. The molecule has 0 aromatic carbocycles. The summed E-state index contributed by atoms with van der Waals surface area (Å²) in [7, 11) is 1.78. The number of aromatic nitrogens is 5. The summed E-state index contributed by atoms with van der Waals surface area (Å²) in [6.45, 7) is 3.63. The van der Waals surface area contributed by atoms with E-state index in [-0.39, 0.29) is 17.9 Å². The van der Waals surface area contributed by atoms with Crippen LogP contribution in [0.4, 0.5) is 5.95 Å². The van der Waals surface area contributed by atoms with Gasteiger partial charge in [0.2, 0.25) is 5.95 Å².